The van der Waals surface area contributed by atoms with Gasteiger partial charge >= 0.3 is 0 Å². The van der Waals surface area contributed by atoms with Crippen LogP contribution in [-0.2, 0) is 169 Å². The second kappa shape index (κ2) is 6040. The molecule has 0 aromatic carbocycles. The Balaban J connectivity index is 0. The average Bonchev–Trinajstić information content (AvgIpc) is 0. The maximum absolute atomic E-state index is 0. The van der Waals surface area contributed by atoms with E-state index in [0.29, 0.717) is 0 Å². The molecule has 0 radical (unpaired) electrons. The van der Waals surface area contributed by atoms with Gasteiger partial charge in [0.2, 0.25) is 0 Å². The first kappa shape index (κ1) is 6440. The van der Waals surface area contributed by atoms with Gasteiger partial charge in [-0.15, -0.1) is 0 Å². The summed E-state index contributed by atoms with van der Waals surface area (Å²) in [6.07, 6.45) is 0. The standard InChI is InChI=1S/8Mo.4H3N.32H2O/h;;;;;;;;4*1H3;32*1H2/p-12. The Morgan fingerprint density at radius 2 is 0.0909 bits per heavy atom. The Kier molecular flexibility index (Phi) is 884000. The minimum Gasteiger partial charge on any atom is -0.870 e. The number of hydrogen-bond donors (Lipinski definition) is 4. The van der Waals surface area contributed by atoms with E-state index in [2.05, 4.69) is 0 Å². The van der Waals surface area contributed by atoms with Crippen LogP contribution in [0.5, 0.6) is 0 Å². The quantitative estimate of drug-likeness (QED) is 0.164. The van der Waals surface area contributed by atoms with Gasteiger partial charge in [0, 0.05) is 169 Å². The Hall–Kier alpha value is 4.07. The number of rotatable bonds is 0. The Bertz CT molecular complexity index is 48.2. The van der Waals surface area contributed by atoms with Crippen LogP contribution < -0.4 is 24.6 Å². The fraction of sp³-hybridized carbons (Fsp3) is 0. The third-order valence-corrected chi connectivity index (χ3v) is 0. The zero-order valence-electron chi connectivity index (χ0n) is 22.4. The Morgan fingerprint density at radius 1 is 0.0909 bits per heavy atom. The fourth-order valence-electron chi connectivity index (χ4n) is 0. The summed E-state index contributed by atoms with van der Waals surface area (Å²) < 4.78 is 0. The molecule has 0 amide bonds. The summed E-state index contributed by atoms with van der Waals surface area (Å²) >= 11 is 0. The second-order valence-electron chi connectivity index (χ2n) is 0. The molecule has 44 heteroatoms. The molecule has 44 heavy (non-hydrogen) atoms. The van der Waals surface area contributed by atoms with Gasteiger partial charge in [0.1, 0.15) is 0 Å². The largest absolute Gasteiger partial charge is 0.870 e. The van der Waals surface area contributed by atoms with Crippen molar-refractivity contribution in [2.45, 2.75) is 0 Å². The van der Waals surface area contributed by atoms with Crippen LogP contribution in [0.1, 0.15) is 0 Å². The predicted molar refractivity (Wildman–Crippen MR) is 113 cm³/mol. The number of hydrogen-bond acceptors (Lipinski definition) is 16. The molecule has 0 aliphatic rings. The molecule has 0 fully saturated rings. The zero-order valence-corrected chi connectivity index (χ0v) is 38.5. The van der Waals surface area contributed by atoms with Crippen LogP contribution in [0, 0.1) is 0 Å². The molecular formula is H64Mo8N4O32-12. The van der Waals surface area contributed by atoms with E-state index < -0.39 is 0 Å². The van der Waals surface area contributed by atoms with Crippen molar-refractivity contribution in [3.8, 4) is 0 Å². The summed E-state index contributed by atoms with van der Waals surface area (Å²) in [7, 11) is 0. The van der Waals surface area contributed by atoms with Crippen LogP contribution in [-0.4, -0.2) is 175 Å². The first-order chi connectivity index (χ1) is 0. The summed E-state index contributed by atoms with van der Waals surface area (Å²) in [6, 6.07) is 0. The van der Waals surface area contributed by atoms with Crippen molar-refractivity contribution >= 4 is 0 Å². The van der Waals surface area contributed by atoms with E-state index in [1.54, 1.807) is 0 Å². The molecule has 0 heterocycles. The van der Waals surface area contributed by atoms with E-state index in [9.17, 15) is 0 Å². The van der Waals surface area contributed by atoms with Gasteiger partial charge in [-0.1, -0.05) is 0 Å². The first-order valence-corrected chi connectivity index (χ1v) is 0. The van der Waals surface area contributed by atoms with Gasteiger partial charge in [-0.3, -0.25) is 0 Å². The van der Waals surface area contributed by atoms with Crippen LogP contribution in [0.2, 0.25) is 0 Å². The topological polar surface area (TPSA) is 1130 Å². The minimum atomic E-state index is 0. The van der Waals surface area contributed by atoms with Gasteiger partial charge in [-0.2, -0.15) is 0 Å². The van der Waals surface area contributed by atoms with Crippen LogP contribution in [0.4, 0.5) is 0 Å². The van der Waals surface area contributed by atoms with E-state index in [-0.39, 0.29) is 368 Å². The summed E-state index contributed by atoms with van der Waals surface area (Å²) in [5.41, 5.74) is 0. The predicted octanol–water partition coefficient (Wildman–Crippen LogP) is -14.5. The summed E-state index contributed by atoms with van der Waals surface area (Å²) in [5, 5.41) is 0. The van der Waals surface area contributed by atoms with Crippen molar-refractivity contribution < 1.29 is 344 Å². The van der Waals surface area contributed by atoms with Crippen molar-refractivity contribution in [2.24, 2.45) is 0 Å². The molecule has 0 aliphatic heterocycles. The van der Waals surface area contributed by atoms with Crippen LogP contribution in [0.25, 0.3) is 0 Å². The van der Waals surface area contributed by atoms with Gasteiger partial charge in [0.15, 0.2) is 0 Å². The third kappa shape index (κ3) is 5660. The van der Waals surface area contributed by atoms with Crippen LogP contribution in [0.15, 0.2) is 0 Å². The van der Waals surface area contributed by atoms with E-state index in [4.69, 9.17) is 0 Å². The van der Waals surface area contributed by atoms with Crippen LogP contribution in [0.3, 0.4) is 0 Å². The summed E-state index contributed by atoms with van der Waals surface area (Å²) in [4.78, 5) is 0. The maximum Gasteiger partial charge on any atom is 0 e. The van der Waals surface area contributed by atoms with Crippen molar-refractivity contribution in [1.82, 2.24) is 24.6 Å². The molecule has 0 saturated carbocycles. The molecule has 0 atom stereocenters. The molecule has 0 spiro atoms. The first-order valence-electron chi connectivity index (χ1n) is 0. The third-order valence-electron chi connectivity index (χ3n) is 0. The van der Waals surface area contributed by atoms with Crippen molar-refractivity contribution in [1.29, 1.82) is 0 Å². The molecule has 36 nitrogen and oxygen atoms in total. The van der Waals surface area contributed by atoms with E-state index in [1.807, 2.05) is 0 Å². The summed E-state index contributed by atoms with van der Waals surface area (Å²) in [5.74, 6) is 0. The van der Waals surface area contributed by atoms with E-state index in [1.165, 1.54) is 0 Å². The van der Waals surface area contributed by atoms with Gasteiger partial charge in [0.05, 0.1) is 0 Å². The van der Waals surface area contributed by atoms with Gasteiger partial charge in [-0.25, -0.2) is 0 Å². The molecule has 0 aromatic rings. The molecule has 0 aromatic heterocycles. The average molecular weight is 1400 g/mol. The van der Waals surface area contributed by atoms with Crippen molar-refractivity contribution in [3.05, 3.63) is 0 Å². The van der Waals surface area contributed by atoms with Crippen LogP contribution >= 0.6 is 0 Å². The van der Waals surface area contributed by atoms with Gasteiger partial charge in [-0.05, 0) is 0 Å². The molecular weight excluding hydrogens is 1340 g/mol. The van der Waals surface area contributed by atoms with E-state index >= 15 is 0 Å². The zero-order chi connectivity index (χ0) is 0. The maximum atomic E-state index is 0. The number of quaternary nitrogens is 4. The molecule has 0 rings (SSSR count). The Labute approximate surface area is 364 Å². The smallest absolute Gasteiger partial charge is 0 e. The monoisotopic (exact) mass is 1420 g/mol. The van der Waals surface area contributed by atoms with Gasteiger partial charge in [0.25, 0.3) is 0 Å². The van der Waals surface area contributed by atoms with Crippen molar-refractivity contribution in [3.63, 3.8) is 0 Å². The summed E-state index contributed by atoms with van der Waals surface area (Å²) in [6.45, 7) is 0. The molecule has 0 unspecified atom stereocenters. The van der Waals surface area contributed by atoms with Crippen molar-refractivity contribution in [2.75, 3.05) is 0 Å². The molecule has 64 N–H and O–H groups in total. The van der Waals surface area contributed by atoms with E-state index in [0.717, 1.165) is 0 Å². The second-order valence-corrected chi connectivity index (χ2v) is 0. The fourth-order valence-corrected chi connectivity index (χ4v) is 0. The Morgan fingerprint density at radius 3 is 0.0909 bits per heavy atom. The minimum absolute atomic E-state index is 0. The SMILES string of the molecule is O.O.O.O.O.O.O.O.O.O.O.O.O.O.O.O.[Mo].[Mo].[Mo].[Mo].[Mo].[Mo].[Mo].[Mo].[NH4+].[NH4+].[NH4+].[NH4+].[OH-].[OH-].[OH-].[OH-].[OH-].[OH-].[OH-].[OH-].[OH-].[OH-].[OH-].[OH-].[OH-].[OH-].[OH-].[OH-]. The molecule has 0 saturated heterocycles. The molecule has 0 aliphatic carbocycles. The molecule has 0 bridgehead atoms. The van der Waals surface area contributed by atoms with Gasteiger partial charge < -0.3 is 200 Å². The molecule has 336 valence electrons. The normalized spacial score (nSPS) is 0.